The molecule has 3 aromatic rings. The van der Waals surface area contributed by atoms with Crippen molar-refractivity contribution in [3.8, 4) is 5.75 Å². The highest BCUT2D eigenvalue weighted by Crippen LogP contribution is 2.27. The van der Waals surface area contributed by atoms with Gasteiger partial charge >= 0.3 is 6.03 Å². The van der Waals surface area contributed by atoms with E-state index in [-0.39, 0.29) is 18.1 Å². The van der Waals surface area contributed by atoms with Crippen molar-refractivity contribution < 1.29 is 9.53 Å². The molecule has 0 saturated heterocycles. The maximum atomic E-state index is 12.6. The van der Waals surface area contributed by atoms with Gasteiger partial charge in [0.1, 0.15) is 11.3 Å². The molecule has 28 heavy (non-hydrogen) atoms. The third kappa shape index (κ3) is 4.40. The summed E-state index contributed by atoms with van der Waals surface area (Å²) in [6.07, 6.45) is 0.598. The van der Waals surface area contributed by atoms with Gasteiger partial charge in [0.15, 0.2) is 0 Å². The minimum absolute atomic E-state index is 0.202. The Morgan fingerprint density at radius 2 is 2.07 bits per heavy atom. The van der Waals surface area contributed by atoms with E-state index >= 15 is 0 Å². The first-order chi connectivity index (χ1) is 13.5. The zero-order valence-corrected chi connectivity index (χ0v) is 16.2. The van der Waals surface area contributed by atoms with Gasteiger partial charge in [-0.1, -0.05) is 35.9 Å². The van der Waals surface area contributed by atoms with Crippen LogP contribution < -0.4 is 20.9 Å². The van der Waals surface area contributed by atoms with E-state index < -0.39 is 6.03 Å². The molecule has 0 saturated carbocycles. The Labute approximate surface area is 166 Å². The van der Waals surface area contributed by atoms with Crippen LogP contribution in [0, 0.1) is 0 Å². The molecule has 146 valence electrons. The van der Waals surface area contributed by atoms with Gasteiger partial charge in [-0.2, -0.15) is 0 Å². The molecule has 1 aromatic heterocycles. The molecule has 0 spiro atoms. The van der Waals surface area contributed by atoms with Crippen LogP contribution in [0.5, 0.6) is 5.75 Å². The number of carbonyl (C=O) groups is 1. The van der Waals surface area contributed by atoms with Crippen LogP contribution in [0.2, 0.25) is 5.02 Å². The summed E-state index contributed by atoms with van der Waals surface area (Å²) in [6, 6.07) is 11.2. The lowest BCUT2D eigenvalue weighted by atomic mass is 10.2. The fraction of sp³-hybridized carbons (Fsp3) is 0.263. The van der Waals surface area contributed by atoms with Crippen LogP contribution in [-0.4, -0.2) is 34.2 Å². The Morgan fingerprint density at radius 1 is 1.29 bits per heavy atom. The third-order valence-corrected chi connectivity index (χ3v) is 4.50. The number of aromatic nitrogens is 3. The summed E-state index contributed by atoms with van der Waals surface area (Å²) in [5, 5.41) is 14.5. The molecular weight excluding hydrogens is 382 g/mol. The number of hydrogen-bond acceptors (Lipinski definition) is 5. The molecule has 3 rings (SSSR count). The summed E-state index contributed by atoms with van der Waals surface area (Å²) in [4.78, 5) is 25.0. The van der Waals surface area contributed by atoms with E-state index in [0.717, 1.165) is 0 Å². The number of methoxy groups -OCH3 is 1. The lowest BCUT2D eigenvalue weighted by molar-refractivity contribution is 0.245. The molecule has 1 unspecified atom stereocenters. The normalized spacial score (nSPS) is 11.8. The Kier molecular flexibility index (Phi) is 6.10. The summed E-state index contributed by atoms with van der Waals surface area (Å²) in [6.45, 7) is 2.11. The van der Waals surface area contributed by atoms with Crippen molar-refractivity contribution in [1.29, 1.82) is 0 Å². The molecule has 2 amide bonds. The van der Waals surface area contributed by atoms with Crippen molar-refractivity contribution in [1.82, 2.24) is 20.3 Å². The lowest BCUT2D eigenvalue weighted by Crippen LogP contribution is -2.42. The van der Waals surface area contributed by atoms with Crippen LogP contribution in [0.25, 0.3) is 10.9 Å². The van der Waals surface area contributed by atoms with Crippen molar-refractivity contribution in [3.63, 3.8) is 0 Å². The molecule has 2 N–H and O–H groups in total. The number of fused-ring (bicyclic) bond motifs is 1. The van der Waals surface area contributed by atoms with E-state index in [9.17, 15) is 9.59 Å². The number of rotatable bonds is 6. The minimum atomic E-state index is -0.436. The molecule has 8 nitrogen and oxygen atoms in total. The van der Waals surface area contributed by atoms with Gasteiger partial charge in [0, 0.05) is 5.02 Å². The van der Waals surface area contributed by atoms with Crippen molar-refractivity contribution in [2.75, 3.05) is 12.4 Å². The Morgan fingerprint density at radius 3 is 2.82 bits per heavy atom. The topological polar surface area (TPSA) is 98.1 Å². The predicted molar refractivity (Wildman–Crippen MR) is 108 cm³/mol. The molecule has 0 fully saturated rings. The summed E-state index contributed by atoms with van der Waals surface area (Å²) >= 11 is 5.98. The van der Waals surface area contributed by atoms with Crippen LogP contribution in [0.3, 0.4) is 0 Å². The Bertz CT molecular complexity index is 1050. The molecule has 9 heteroatoms. The fourth-order valence-electron chi connectivity index (χ4n) is 2.75. The molecule has 2 aromatic carbocycles. The van der Waals surface area contributed by atoms with Crippen molar-refractivity contribution in [2.45, 2.75) is 25.9 Å². The summed E-state index contributed by atoms with van der Waals surface area (Å²) < 4.78 is 6.48. The second-order valence-corrected chi connectivity index (χ2v) is 6.58. The number of ether oxygens (including phenoxy) is 1. The fourth-order valence-corrected chi connectivity index (χ4v) is 2.92. The number of anilines is 1. The molecule has 0 radical (unpaired) electrons. The second-order valence-electron chi connectivity index (χ2n) is 6.14. The molecule has 0 aliphatic carbocycles. The van der Waals surface area contributed by atoms with E-state index in [1.165, 1.54) is 11.8 Å². The van der Waals surface area contributed by atoms with Gasteiger partial charge in [-0.15, -0.1) is 5.10 Å². The zero-order valence-electron chi connectivity index (χ0n) is 15.5. The van der Waals surface area contributed by atoms with Crippen LogP contribution >= 0.6 is 11.6 Å². The molecular formula is C19H20ClN5O3. The van der Waals surface area contributed by atoms with Crippen LogP contribution in [0.15, 0.2) is 47.3 Å². The summed E-state index contributed by atoms with van der Waals surface area (Å²) in [5.74, 6) is 0.490. The van der Waals surface area contributed by atoms with Crippen LogP contribution in [0.4, 0.5) is 10.5 Å². The van der Waals surface area contributed by atoms with Gasteiger partial charge < -0.3 is 15.4 Å². The van der Waals surface area contributed by atoms with Gasteiger partial charge in [0.2, 0.25) is 0 Å². The summed E-state index contributed by atoms with van der Waals surface area (Å²) in [5.41, 5.74) is 0.739. The number of hydrogen-bond donors (Lipinski definition) is 2. The Balaban J connectivity index is 1.73. The number of nitrogens with zero attached hydrogens (tertiary/aromatic N) is 3. The van der Waals surface area contributed by atoms with E-state index in [1.807, 2.05) is 6.92 Å². The standard InChI is InChI=1S/C19H20ClN5O3/c1-3-13(11-25-18(26)14-6-4-5-7-15(14)23-24-25)21-19(27)22-16-10-12(20)8-9-17(16)28-2/h4-10,13H,3,11H2,1-2H3,(H2,21,22,27). The number of urea groups is 1. The summed E-state index contributed by atoms with van der Waals surface area (Å²) in [7, 11) is 1.51. The quantitative estimate of drug-likeness (QED) is 0.661. The monoisotopic (exact) mass is 401 g/mol. The predicted octanol–water partition coefficient (Wildman–Crippen LogP) is 3.05. The number of amides is 2. The van der Waals surface area contributed by atoms with E-state index in [4.69, 9.17) is 16.3 Å². The smallest absolute Gasteiger partial charge is 0.319 e. The maximum absolute atomic E-state index is 12.6. The zero-order chi connectivity index (χ0) is 20.1. The van der Waals surface area contributed by atoms with Gasteiger partial charge in [-0.3, -0.25) is 4.79 Å². The molecule has 0 aliphatic heterocycles. The van der Waals surface area contributed by atoms with Gasteiger partial charge in [-0.05, 0) is 36.8 Å². The van der Waals surface area contributed by atoms with E-state index in [0.29, 0.717) is 33.8 Å². The number of benzene rings is 2. The van der Waals surface area contributed by atoms with Crippen molar-refractivity contribution in [2.24, 2.45) is 0 Å². The molecule has 1 atom stereocenters. The van der Waals surface area contributed by atoms with E-state index in [2.05, 4.69) is 20.9 Å². The van der Waals surface area contributed by atoms with Crippen molar-refractivity contribution >= 4 is 34.2 Å². The van der Waals surface area contributed by atoms with Gasteiger partial charge in [0.25, 0.3) is 5.56 Å². The highest BCUT2D eigenvalue weighted by molar-refractivity contribution is 6.31. The van der Waals surface area contributed by atoms with E-state index in [1.54, 1.807) is 42.5 Å². The lowest BCUT2D eigenvalue weighted by Gasteiger charge is -2.18. The van der Waals surface area contributed by atoms with Crippen LogP contribution in [0.1, 0.15) is 13.3 Å². The maximum Gasteiger partial charge on any atom is 0.319 e. The van der Waals surface area contributed by atoms with Crippen LogP contribution in [-0.2, 0) is 6.54 Å². The van der Waals surface area contributed by atoms with Gasteiger partial charge in [-0.25, -0.2) is 9.48 Å². The highest BCUT2D eigenvalue weighted by atomic mass is 35.5. The molecule has 0 bridgehead atoms. The number of halogens is 1. The average molecular weight is 402 g/mol. The number of nitrogens with one attached hydrogen (secondary N) is 2. The molecule has 1 heterocycles. The molecule has 0 aliphatic rings. The first-order valence-electron chi connectivity index (χ1n) is 8.75. The minimum Gasteiger partial charge on any atom is -0.495 e. The highest BCUT2D eigenvalue weighted by Gasteiger charge is 2.15. The Hall–Kier alpha value is -3.13. The first-order valence-corrected chi connectivity index (χ1v) is 9.13. The second kappa shape index (κ2) is 8.71. The SMILES string of the molecule is CCC(Cn1nnc2ccccc2c1=O)NC(=O)Nc1cc(Cl)ccc1OC. The van der Waals surface area contributed by atoms with Gasteiger partial charge in [0.05, 0.1) is 30.8 Å². The average Bonchev–Trinajstić information content (AvgIpc) is 2.69. The largest absolute Gasteiger partial charge is 0.495 e. The third-order valence-electron chi connectivity index (χ3n) is 4.26. The number of carbonyl (C=O) groups excluding carboxylic acids is 1. The van der Waals surface area contributed by atoms with Crippen molar-refractivity contribution in [3.05, 3.63) is 57.8 Å². The first kappa shape index (κ1) is 19.6.